The second-order valence-corrected chi connectivity index (χ2v) is 2.02. The largest absolute Gasteiger partial charge is 0.439 e. The van der Waals surface area contributed by atoms with Crippen LogP contribution in [-0.2, 0) is 0 Å². The van der Waals surface area contributed by atoms with Crippen LogP contribution in [0.25, 0.3) is 0 Å². The van der Waals surface area contributed by atoms with Crippen molar-refractivity contribution in [3.8, 4) is 5.75 Å². The van der Waals surface area contributed by atoms with Crippen LogP contribution in [0, 0.1) is 0 Å². The Balaban J connectivity index is 2.51. The first-order chi connectivity index (χ1) is 4.86. The van der Waals surface area contributed by atoms with E-state index in [2.05, 4.69) is 16.9 Å². The van der Waals surface area contributed by atoms with E-state index in [0.29, 0.717) is 5.88 Å². The molecule has 0 amide bonds. The fourth-order valence-corrected chi connectivity index (χ4v) is 0.873. The number of hydrogen-bond donors (Lipinski definition) is 1. The normalized spacial score (nSPS) is 13.8. The summed E-state index contributed by atoms with van der Waals surface area (Å²) in [6.07, 6.45) is 3.38. The van der Waals surface area contributed by atoms with Crippen LogP contribution in [0.5, 0.6) is 5.75 Å². The predicted molar refractivity (Wildman–Crippen MR) is 37.6 cm³/mol. The number of nitrogens with one attached hydrogen (secondary N) is 1. The molecule has 1 aromatic rings. The van der Waals surface area contributed by atoms with Crippen LogP contribution in [0.3, 0.4) is 0 Å². The van der Waals surface area contributed by atoms with Gasteiger partial charge in [0.2, 0.25) is 0 Å². The van der Waals surface area contributed by atoms with Crippen LogP contribution in [0.1, 0.15) is 0 Å². The minimum Gasteiger partial charge on any atom is -0.439 e. The zero-order valence-electron chi connectivity index (χ0n) is 5.29. The zero-order valence-corrected chi connectivity index (χ0v) is 5.29. The molecule has 0 radical (unpaired) electrons. The van der Waals surface area contributed by atoms with E-state index in [-0.39, 0.29) is 0 Å². The van der Waals surface area contributed by atoms with E-state index >= 15 is 0 Å². The highest BCUT2D eigenvalue weighted by atomic mass is 16.5. The molecule has 0 spiro atoms. The van der Waals surface area contributed by atoms with E-state index in [9.17, 15) is 0 Å². The molecule has 1 aliphatic rings. The predicted octanol–water partition coefficient (Wildman–Crippen LogP) is 1.36. The molecule has 0 aromatic carbocycles. The highest BCUT2D eigenvalue weighted by Crippen LogP contribution is 2.30. The Kier molecular flexibility index (Phi) is 0.917. The molecule has 1 aromatic heterocycles. The van der Waals surface area contributed by atoms with Crippen LogP contribution >= 0.6 is 0 Å². The summed E-state index contributed by atoms with van der Waals surface area (Å²) in [6.45, 7) is 3.61. The first-order valence-electron chi connectivity index (χ1n) is 2.94. The van der Waals surface area contributed by atoms with E-state index in [4.69, 9.17) is 4.74 Å². The quantitative estimate of drug-likeness (QED) is 0.581. The molecule has 0 bridgehead atoms. The van der Waals surface area contributed by atoms with Crippen LogP contribution in [-0.4, -0.2) is 4.98 Å². The standard InChI is InChI=1S/C7H6N2O/c1-5-9-6-4-8-3-2-7(6)10-5/h2-4,9H,1H2. The van der Waals surface area contributed by atoms with E-state index in [1.165, 1.54) is 0 Å². The average Bonchev–Trinajstić information content (AvgIpc) is 2.27. The number of pyridine rings is 1. The topological polar surface area (TPSA) is 34.2 Å². The Morgan fingerprint density at radius 3 is 3.30 bits per heavy atom. The van der Waals surface area contributed by atoms with Crippen molar-refractivity contribution in [1.29, 1.82) is 0 Å². The maximum atomic E-state index is 5.16. The lowest BCUT2D eigenvalue weighted by molar-refractivity contribution is 0.459. The fraction of sp³-hybridized carbons (Fsp3) is 0. The van der Waals surface area contributed by atoms with Crippen LogP contribution in [0.4, 0.5) is 5.69 Å². The molecule has 0 saturated heterocycles. The third-order valence-corrected chi connectivity index (χ3v) is 1.29. The monoisotopic (exact) mass is 134 g/mol. The number of fused-ring (bicyclic) bond motifs is 1. The highest BCUT2D eigenvalue weighted by Gasteiger charge is 2.12. The summed E-state index contributed by atoms with van der Waals surface area (Å²) in [5.41, 5.74) is 0.882. The van der Waals surface area contributed by atoms with Crippen molar-refractivity contribution in [2.45, 2.75) is 0 Å². The van der Waals surface area contributed by atoms with Gasteiger partial charge in [-0.05, 0) is 6.58 Å². The van der Waals surface area contributed by atoms with Crippen molar-refractivity contribution >= 4 is 5.69 Å². The highest BCUT2D eigenvalue weighted by molar-refractivity contribution is 5.61. The smallest absolute Gasteiger partial charge is 0.190 e. The van der Waals surface area contributed by atoms with Gasteiger partial charge in [0.25, 0.3) is 0 Å². The molecule has 3 nitrogen and oxygen atoms in total. The third-order valence-electron chi connectivity index (χ3n) is 1.29. The first kappa shape index (κ1) is 5.29. The maximum absolute atomic E-state index is 5.16. The Morgan fingerprint density at radius 1 is 1.60 bits per heavy atom. The zero-order chi connectivity index (χ0) is 6.97. The summed E-state index contributed by atoms with van der Waals surface area (Å²) in [7, 11) is 0. The number of anilines is 1. The van der Waals surface area contributed by atoms with Gasteiger partial charge in [0.1, 0.15) is 5.69 Å². The van der Waals surface area contributed by atoms with E-state index in [1.807, 2.05) is 0 Å². The van der Waals surface area contributed by atoms with E-state index < -0.39 is 0 Å². The molecule has 0 unspecified atom stereocenters. The molecule has 0 atom stereocenters. The summed E-state index contributed by atoms with van der Waals surface area (Å²) < 4.78 is 5.16. The summed E-state index contributed by atoms with van der Waals surface area (Å²) in [5.74, 6) is 1.35. The summed E-state index contributed by atoms with van der Waals surface area (Å²) >= 11 is 0. The lowest BCUT2D eigenvalue weighted by atomic mass is 10.4. The van der Waals surface area contributed by atoms with Gasteiger partial charge < -0.3 is 10.1 Å². The molecule has 0 fully saturated rings. The second kappa shape index (κ2) is 1.73. The Labute approximate surface area is 58.3 Å². The van der Waals surface area contributed by atoms with Gasteiger partial charge in [-0.15, -0.1) is 0 Å². The molecule has 0 aliphatic carbocycles. The lowest BCUT2D eigenvalue weighted by Crippen LogP contribution is -1.92. The third kappa shape index (κ3) is 0.639. The molecule has 50 valence electrons. The lowest BCUT2D eigenvalue weighted by Gasteiger charge is -1.91. The van der Waals surface area contributed by atoms with Crippen molar-refractivity contribution in [3.63, 3.8) is 0 Å². The number of nitrogens with zero attached hydrogens (tertiary/aromatic N) is 1. The molecule has 0 saturated carbocycles. The van der Waals surface area contributed by atoms with Crippen molar-refractivity contribution in [1.82, 2.24) is 4.98 Å². The SMILES string of the molecule is C=C1Nc2cnccc2O1. The number of hydrogen-bond acceptors (Lipinski definition) is 3. The van der Waals surface area contributed by atoms with Gasteiger partial charge in [-0.2, -0.15) is 0 Å². The molecular weight excluding hydrogens is 128 g/mol. The molecule has 1 N–H and O–H groups in total. The molecule has 1 aliphatic heterocycles. The molecule has 2 heterocycles. The number of rotatable bonds is 0. The molecule has 2 rings (SSSR count). The molecular formula is C7H6N2O. The van der Waals surface area contributed by atoms with Crippen molar-refractivity contribution < 1.29 is 4.74 Å². The van der Waals surface area contributed by atoms with Crippen LogP contribution < -0.4 is 10.1 Å². The second-order valence-electron chi connectivity index (χ2n) is 2.02. The van der Waals surface area contributed by atoms with Gasteiger partial charge in [-0.25, -0.2) is 0 Å². The Morgan fingerprint density at radius 2 is 2.50 bits per heavy atom. The Hall–Kier alpha value is -1.51. The van der Waals surface area contributed by atoms with Crippen molar-refractivity contribution in [2.24, 2.45) is 0 Å². The van der Waals surface area contributed by atoms with Crippen LogP contribution in [0.15, 0.2) is 30.9 Å². The minimum absolute atomic E-state index is 0.558. The Bertz CT molecular complexity index is 256. The fourth-order valence-electron chi connectivity index (χ4n) is 0.873. The van der Waals surface area contributed by atoms with Gasteiger partial charge in [0.15, 0.2) is 11.6 Å². The summed E-state index contributed by atoms with van der Waals surface area (Å²) in [4.78, 5) is 3.91. The van der Waals surface area contributed by atoms with E-state index in [0.717, 1.165) is 11.4 Å². The molecule has 3 heteroatoms. The summed E-state index contributed by atoms with van der Waals surface area (Å²) in [6, 6.07) is 1.79. The summed E-state index contributed by atoms with van der Waals surface area (Å²) in [5, 5.41) is 2.92. The van der Waals surface area contributed by atoms with E-state index in [1.54, 1.807) is 18.5 Å². The average molecular weight is 134 g/mol. The van der Waals surface area contributed by atoms with Crippen molar-refractivity contribution in [2.75, 3.05) is 5.32 Å². The van der Waals surface area contributed by atoms with Gasteiger partial charge in [0.05, 0.1) is 6.20 Å². The van der Waals surface area contributed by atoms with Crippen molar-refractivity contribution in [3.05, 3.63) is 30.9 Å². The molecule has 10 heavy (non-hydrogen) atoms. The van der Waals surface area contributed by atoms with Gasteiger partial charge in [0, 0.05) is 12.3 Å². The van der Waals surface area contributed by atoms with Gasteiger partial charge >= 0.3 is 0 Å². The van der Waals surface area contributed by atoms with Gasteiger partial charge in [-0.1, -0.05) is 0 Å². The van der Waals surface area contributed by atoms with Gasteiger partial charge in [-0.3, -0.25) is 4.98 Å². The number of ether oxygens (including phenoxy) is 1. The first-order valence-corrected chi connectivity index (χ1v) is 2.94. The number of aromatic nitrogens is 1. The maximum Gasteiger partial charge on any atom is 0.190 e. The minimum atomic E-state index is 0.558. The van der Waals surface area contributed by atoms with Crippen LogP contribution in [0.2, 0.25) is 0 Å².